The highest BCUT2D eigenvalue weighted by Gasteiger charge is 2.27. The Morgan fingerprint density at radius 1 is 1.03 bits per heavy atom. The molecular weight excluding hydrogens is 397 g/mol. The Morgan fingerprint density at radius 2 is 1.67 bits per heavy atom. The van der Waals surface area contributed by atoms with Crippen LogP contribution in [0.1, 0.15) is 18.1 Å². The summed E-state index contributed by atoms with van der Waals surface area (Å²) in [5.41, 5.74) is 0.130. The summed E-state index contributed by atoms with van der Waals surface area (Å²) in [6.45, 7) is 1.23. The molecule has 0 radical (unpaired) electrons. The summed E-state index contributed by atoms with van der Waals surface area (Å²) in [4.78, 5) is 45.7. The molecule has 0 aliphatic rings. The largest absolute Gasteiger partial charge is 0.480 e. The fraction of sp³-hybridized carbons (Fsp3) is 0.250. The average molecular weight is 417 g/mol. The fourth-order valence-electron chi connectivity index (χ4n) is 2.84. The first-order chi connectivity index (χ1) is 14.2. The quantitative estimate of drug-likeness (QED) is 0.418. The predicted octanol–water partition coefficient (Wildman–Crippen LogP) is 1.59. The van der Waals surface area contributed by atoms with Crippen molar-refractivity contribution in [2.45, 2.75) is 31.8 Å². The Morgan fingerprint density at radius 3 is 2.23 bits per heavy atom. The molecule has 0 bridgehead atoms. The molecule has 9 nitrogen and oxygen atoms in total. The molecule has 2 amide bonds. The van der Waals surface area contributed by atoms with Crippen LogP contribution in [0.5, 0.6) is 0 Å². The van der Waals surface area contributed by atoms with Crippen LogP contribution in [-0.2, 0) is 27.2 Å². The number of rotatable bonds is 9. The van der Waals surface area contributed by atoms with Crippen LogP contribution in [0.25, 0.3) is 0 Å². The van der Waals surface area contributed by atoms with Gasteiger partial charge in [0, 0.05) is 25.8 Å². The van der Waals surface area contributed by atoms with Crippen molar-refractivity contribution in [2.24, 2.45) is 0 Å². The molecule has 0 spiro atoms. The molecule has 2 aromatic rings. The molecule has 0 aromatic heterocycles. The molecule has 2 atom stereocenters. The molecule has 0 unspecified atom stereocenters. The number of carbonyl (C=O) groups excluding carboxylic acids is 2. The molecule has 0 aliphatic heterocycles. The van der Waals surface area contributed by atoms with E-state index in [2.05, 4.69) is 10.6 Å². The molecule has 0 fully saturated rings. The number of nitrogens with one attached hydrogen (secondary N) is 2. The lowest BCUT2D eigenvalue weighted by Gasteiger charge is -2.21. The van der Waals surface area contributed by atoms with E-state index >= 15 is 0 Å². The van der Waals surface area contributed by atoms with E-state index in [1.807, 2.05) is 0 Å². The highest BCUT2D eigenvalue weighted by molar-refractivity contribution is 5.90. The number of amides is 2. The van der Waals surface area contributed by atoms with Crippen molar-refractivity contribution in [3.8, 4) is 0 Å². The summed E-state index contributed by atoms with van der Waals surface area (Å²) < 4.78 is 13.5. The highest BCUT2D eigenvalue weighted by Crippen LogP contribution is 2.19. The minimum Gasteiger partial charge on any atom is -0.480 e. The second-order valence-electron chi connectivity index (χ2n) is 6.59. The van der Waals surface area contributed by atoms with Crippen molar-refractivity contribution in [1.29, 1.82) is 0 Å². The molecule has 158 valence electrons. The summed E-state index contributed by atoms with van der Waals surface area (Å²) in [6, 6.07) is 9.38. The number of carboxylic acid groups (broad SMARTS) is 1. The van der Waals surface area contributed by atoms with Crippen LogP contribution in [0.4, 0.5) is 10.1 Å². The number of aliphatic carboxylic acids is 1. The van der Waals surface area contributed by atoms with E-state index in [9.17, 15) is 34.0 Å². The van der Waals surface area contributed by atoms with Crippen LogP contribution in [0.2, 0.25) is 0 Å². The molecular formula is C20H20FN3O6. The number of nitrogens with zero attached hydrogens (tertiary/aromatic N) is 1. The molecule has 0 saturated carbocycles. The maximum absolute atomic E-state index is 13.5. The van der Waals surface area contributed by atoms with Crippen molar-refractivity contribution in [1.82, 2.24) is 10.6 Å². The van der Waals surface area contributed by atoms with E-state index < -0.39 is 46.3 Å². The monoisotopic (exact) mass is 417 g/mol. The van der Waals surface area contributed by atoms with E-state index in [1.165, 1.54) is 13.0 Å². The van der Waals surface area contributed by atoms with Crippen LogP contribution in [0.3, 0.4) is 0 Å². The zero-order chi connectivity index (χ0) is 22.3. The van der Waals surface area contributed by atoms with Crippen LogP contribution in [0.15, 0.2) is 48.5 Å². The summed E-state index contributed by atoms with van der Waals surface area (Å²) >= 11 is 0. The van der Waals surface area contributed by atoms with Gasteiger partial charge in [0.1, 0.15) is 12.1 Å². The van der Waals surface area contributed by atoms with E-state index in [1.54, 1.807) is 30.3 Å². The van der Waals surface area contributed by atoms with Gasteiger partial charge in [-0.2, -0.15) is 4.39 Å². The van der Waals surface area contributed by atoms with Gasteiger partial charge < -0.3 is 15.7 Å². The third-order valence-electron chi connectivity index (χ3n) is 4.24. The Bertz CT molecular complexity index is 951. The second-order valence-corrected chi connectivity index (χ2v) is 6.59. The molecule has 2 rings (SSSR count). The topological polar surface area (TPSA) is 139 Å². The van der Waals surface area contributed by atoms with Gasteiger partial charge in [0.2, 0.25) is 17.6 Å². The van der Waals surface area contributed by atoms with Gasteiger partial charge in [-0.05, 0) is 17.2 Å². The third kappa shape index (κ3) is 6.36. The number of nitro groups is 1. The average Bonchev–Trinajstić information content (AvgIpc) is 2.68. The van der Waals surface area contributed by atoms with Gasteiger partial charge in [-0.25, -0.2) is 4.79 Å². The lowest BCUT2D eigenvalue weighted by molar-refractivity contribution is -0.387. The van der Waals surface area contributed by atoms with E-state index in [0.717, 1.165) is 17.7 Å². The van der Waals surface area contributed by atoms with Gasteiger partial charge in [0.05, 0.1) is 4.92 Å². The lowest BCUT2D eigenvalue weighted by atomic mass is 10.0. The van der Waals surface area contributed by atoms with Crippen LogP contribution in [0, 0.1) is 15.9 Å². The minimum absolute atomic E-state index is 0.139. The maximum Gasteiger partial charge on any atom is 0.326 e. The zero-order valence-corrected chi connectivity index (χ0v) is 16.0. The predicted molar refractivity (Wildman–Crippen MR) is 104 cm³/mol. The first-order valence-corrected chi connectivity index (χ1v) is 8.94. The normalized spacial score (nSPS) is 12.5. The SMILES string of the molecule is CC(=O)N[C@H](Cc1ccccc1)C(=O)N[C@H](Cc1ccc(F)c([N+](=O)[O-])c1)C(=O)O. The molecule has 30 heavy (non-hydrogen) atoms. The van der Waals surface area contributed by atoms with Gasteiger partial charge >= 0.3 is 11.7 Å². The maximum atomic E-state index is 13.5. The second kappa shape index (κ2) is 10.1. The Balaban J connectivity index is 2.17. The summed E-state index contributed by atoms with van der Waals surface area (Å²) in [6.07, 6.45) is -0.166. The number of halogens is 1. The van der Waals surface area contributed by atoms with Crippen molar-refractivity contribution in [3.63, 3.8) is 0 Å². The van der Waals surface area contributed by atoms with E-state index in [4.69, 9.17) is 0 Å². The van der Waals surface area contributed by atoms with Gasteiger partial charge in [-0.1, -0.05) is 36.4 Å². The third-order valence-corrected chi connectivity index (χ3v) is 4.24. The molecule has 2 aromatic carbocycles. The molecule has 0 aliphatic carbocycles. The van der Waals surface area contributed by atoms with Crippen LogP contribution < -0.4 is 10.6 Å². The van der Waals surface area contributed by atoms with Gasteiger partial charge in [-0.15, -0.1) is 0 Å². The lowest BCUT2D eigenvalue weighted by Crippen LogP contribution is -2.52. The Hall–Kier alpha value is -3.82. The summed E-state index contributed by atoms with van der Waals surface area (Å²) in [5.74, 6) is -3.62. The number of carbonyl (C=O) groups is 3. The first kappa shape index (κ1) is 22.5. The van der Waals surface area contributed by atoms with Gasteiger partial charge in [0.15, 0.2) is 0 Å². The molecule has 3 N–H and O–H groups in total. The van der Waals surface area contributed by atoms with Crippen molar-refractivity contribution in [3.05, 3.63) is 75.6 Å². The van der Waals surface area contributed by atoms with Crippen molar-refractivity contribution in [2.75, 3.05) is 0 Å². The first-order valence-electron chi connectivity index (χ1n) is 8.94. The Kier molecular flexibility index (Phi) is 7.56. The number of carboxylic acids is 1. The summed E-state index contributed by atoms with van der Waals surface area (Å²) in [5, 5.41) is 25.2. The molecule has 0 heterocycles. The number of benzene rings is 2. The molecule has 10 heteroatoms. The number of hydrogen-bond acceptors (Lipinski definition) is 5. The smallest absolute Gasteiger partial charge is 0.326 e. The van der Waals surface area contributed by atoms with Gasteiger partial charge in [-0.3, -0.25) is 19.7 Å². The van der Waals surface area contributed by atoms with E-state index in [-0.39, 0.29) is 18.4 Å². The van der Waals surface area contributed by atoms with Crippen molar-refractivity contribution >= 4 is 23.5 Å². The zero-order valence-electron chi connectivity index (χ0n) is 16.0. The molecule has 0 saturated heterocycles. The van der Waals surface area contributed by atoms with Crippen LogP contribution in [-0.4, -0.2) is 39.9 Å². The van der Waals surface area contributed by atoms with Gasteiger partial charge in [0.25, 0.3) is 0 Å². The highest BCUT2D eigenvalue weighted by atomic mass is 19.1. The number of nitro benzene ring substituents is 1. The standard InChI is InChI=1S/C20H20FN3O6/c1-12(25)22-16(9-13-5-3-2-4-6-13)19(26)23-17(20(27)28)10-14-7-8-15(21)18(11-14)24(29)30/h2-8,11,16-17H,9-10H2,1H3,(H,22,25)(H,23,26)(H,27,28)/t16-,17-/m1/s1. The summed E-state index contributed by atoms with van der Waals surface area (Å²) in [7, 11) is 0. The minimum atomic E-state index is -1.44. The Labute approximate surface area is 171 Å². The van der Waals surface area contributed by atoms with E-state index in [0.29, 0.717) is 0 Å². The van der Waals surface area contributed by atoms with Crippen molar-refractivity contribution < 1.29 is 28.8 Å². The number of hydrogen-bond donors (Lipinski definition) is 3. The fourth-order valence-corrected chi connectivity index (χ4v) is 2.84. The van der Waals surface area contributed by atoms with Crippen LogP contribution >= 0.6 is 0 Å².